The van der Waals surface area contributed by atoms with Crippen molar-refractivity contribution in [2.45, 2.75) is 51.6 Å². The summed E-state index contributed by atoms with van der Waals surface area (Å²) < 4.78 is 13.3. The monoisotopic (exact) mass is 390 g/mol. The molecule has 0 radical (unpaired) electrons. The van der Waals surface area contributed by atoms with Gasteiger partial charge in [-0.2, -0.15) is 0 Å². The van der Waals surface area contributed by atoms with Gasteiger partial charge >= 0.3 is 6.03 Å². The summed E-state index contributed by atoms with van der Waals surface area (Å²) in [5.41, 5.74) is 3.71. The second-order valence-electron chi connectivity index (χ2n) is 7.02. The summed E-state index contributed by atoms with van der Waals surface area (Å²) in [4.78, 5) is 16.6. The first-order valence-electron chi connectivity index (χ1n) is 9.14. The van der Waals surface area contributed by atoms with Crippen molar-refractivity contribution in [2.24, 2.45) is 0 Å². The molecule has 2 atom stereocenters. The van der Waals surface area contributed by atoms with Crippen LogP contribution in [-0.4, -0.2) is 23.1 Å². The molecular weight excluding hydrogens is 367 g/mol. The molecule has 0 saturated heterocycles. The Balaban J connectivity index is 1.66. The third-order valence-electron chi connectivity index (χ3n) is 4.91. The number of hydrogen-bond acceptors (Lipinski definition) is 3. The predicted octanol–water partition coefficient (Wildman–Crippen LogP) is 5.04. The third kappa shape index (κ3) is 4.89. The van der Waals surface area contributed by atoms with Gasteiger partial charge in [-0.25, -0.2) is 9.18 Å². The molecule has 7 heteroatoms. The highest BCUT2D eigenvalue weighted by Gasteiger charge is 2.27. The van der Waals surface area contributed by atoms with Crippen LogP contribution in [0.2, 0.25) is 5.02 Å². The number of aromatic nitrogens is 1. The van der Waals surface area contributed by atoms with Crippen molar-refractivity contribution >= 4 is 29.0 Å². The fourth-order valence-corrected chi connectivity index (χ4v) is 3.68. The van der Waals surface area contributed by atoms with Gasteiger partial charge < -0.3 is 16.0 Å². The van der Waals surface area contributed by atoms with Crippen LogP contribution in [0.5, 0.6) is 0 Å². The van der Waals surface area contributed by atoms with Crippen LogP contribution in [0.15, 0.2) is 30.6 Å². The number of pyridine rings is 1. The molecule has 1 heterocycles. The van der Waals surface area contributed by atoms with Crippen LogP contribution in [0.1, 0.15) is 36.8 Å². The number of carbonyl (C=O) groups excluding carboxylic acids is 1. The van der Waals surface area contributed by atoms with Gasteiger partial charge in [-0.15, -0.1) is 0 Å². The van der Waals surface area contributed by atoms with Gasteiger partial charge in [-0.3, -0.25) is 4.98 Å². The first kappa shape index (κ1) is 19.4. The van der Waals surface area contributed by atoms with E-state index in [0.717, 1.165) is 42.5 Å². The van der Waals surface area contributed by atoms with Gasteiger partial charge in [0.25, 0.3) is 0 Å². The fourth-order valence-electron chi connectivity index (χ4n) is 3.50. The average Bonchev–Trinajstić information content (AvgIpc) is 2.63. The lowest BCUT2D eigenvalue weighted by molar-refractivity contribution is 0.242. The number of amides is 2. The SMILES string of the molecule is Cc1cncc(C)c1NC1CCCCC1NC(=O)Nc1ccc(F)c(Cl)c1. The lowest BCUT2D eigenvalue weighted by Gasteiger charge is -2.34. The molecule has 1 aromatic carbocycles. The minimum Gasteiger partial charge on any atom is -0.380 e. The molecular formula is C20H24ClFN4O. The summed E-state index contributed by atoms with van der Waals surface area (Å²) in [6.07, 6.45) is 7.75. The summed E-state index contributed by atoms with van der Waals surface area (Å²) in [7, 11) is 0. The molecule has 1 fully saturated rings. The standard InChI is InChI=1S/C20H24ClFN4O/c1-12-10-23-11-13(2)19(12)25-17-5-3-4-6-18(17)26-20(27)24-14-7-8-16(22)15(21)9-14/h7-11,17-18H,3-6H2,1-2H3,(H,23,25)(H2,24,26,27). The van der Waals surface area contributed by atoms with E-state index in [9.17, 15) is 9.18 Å². The normalized spacial score (nSPS) is 19.4. The Morgan fingerprint density at radius 2 is 1.81 bits per heavy atom. The zero-order chi connectivity index (χ0) is 19.4. The fraction of sp³-hybridized carbons (Fsp3) is 0.400. The molecule has 1 aliphatic rings. The number of anilines is 2. The van der Waals surface area contributed by atoms with Crippen LogP contribution in [0.3, 0.4) is 0 Å². The van der Waals surface area contributed by atoms with E-state index in [-0.39, 0.29) is 23.1 Å². The van der Waals surface area contributed by atoms with Crippen molar-refractivity contribution in [3.63, 3.8) is 0 Å². The molecule has 0 aliphatic heterocycles. The number of nitrogens with one attached hydrogen (secondary N) is 3. The highest BCUT2D eigenvalue weighted by atomic mass is 35.5. The van der Waals surface area contributed by atoms with E-state index >= 15 is 0 Å². The number of carbonyl (C=O) groups is 1. The molecule has 0 spiro atoms. The minimum absolute atomic E-state index is 0.00151. The summed E-state index contributed by atoms with van der Waals surface area (Å²) in [6, 6.07) is 3.94. The van der Waals surface area contributed by atoms with Gasteiger partial charge in [-0.05, 0) is 56.0 Å². The molecule has 1 aromatic heterocycles. The number of urea groups is 1. The first-order valence-corrected chi connectivity index (χ1v) is 9.52. The summed E-state index contributed by atoms with van der Waals surface area (Å²) in [6.45, 7) is 4.05. The van der Waals surface area contributed by atoms with Crippen LogP contribution >= 0.6 is 11.6 Å². The Bertz CT molecular complexity index is 809. The summed E-state index contributed by atoms with van der Waals surface area (Å²) >= 11 is 5.77. The number of benzene rings is 1. The maximum atomic E-state index is 13.3. The predicted molar refractivity (Wildman–Crippen MR) is 107 cm³/mol. The molecule has 3 N–H and O–H groups in total. The molecule has 144 valence electrons. The topological polar surface area (TPSA) is 66.0 Å². The minimum atomic E-state index is -0.512. The van der Waals surface area contributed by atoms with E-state index in [0.29, 0.717) is 5.69 Å². The Labute approximate surface area is 163 Å². The molecule has 3 rings (SSSR count). The number of halogens is 2. The van der Waals surface area contributed by atoms with E-state index in [2.05, 4.69) is 20.9 Å². The quantitative estimate of drug-likeness (QED) is 0.685. The summed E-state index contributed by atoms with van der Waals surface area (Å²) in [5, 5.41) is 9.35. The van der Waals surface area contributed by atoms with Crippen LogP contribution < -0.4 is 16.0 Å². The van der Waals surface area contributed by atoms with Crippen molar-refractivity contribution in [1.82, 2.24) is 10.3 Å². The Hall–Kier alpha value is -2.34. The van der Waals surface area contributed by atoms with Crippen LogP contribution in [0, 0.1) is 19.7 Å². The van der Waals surface area contributed by atoms with Crippen LogP contribution in [0.4, 0.5) is 20.6 Å². The van der Waals surface area contributed by atoms with E-state index in [1.54, 1.807) is 0 Å². The Kier molecular flexibility index (Phi) is 6.16. The van der Waals surface area contributed by atoms with E-state index in [4.69, 9.17) is 11.6 Å². The largest absolute Gasteiger partial charge is 0.380 e. The molecule has 5 nitrogen and oxygen atoms in total. The number of hydrogen-bond donors (Lipinski definition) is 3. The maximum absolute atomic E-state index is 13.3. The van der Waals surface area contributed by atoms with Gasteiger partial charge in [0.2, 0.25) is 0 Å². The van der Waals surface area contributed by atoms with Crippen molar-refractivity contribution in [2.75, 3.05) is 10.6 Å². The number of rotatable bonds is 4. The van der Waals surface area contributed by atoms with Crippen molar-refractivity contribution in [3.05, 3.63) is 52.6 Å². The summed E-state index contributed by atoms with van der Waals surface area (Å²) in [5.74, 6) is -0.512. The molecule has 2 unspecified atom stereocenters. The lowest BCUT2D eigenvalue weighted by Crippen LogP contribution is -2.50. The van der Waals surface area contributed by atoms with Crippen molar-refractivity contribution in [1.29, 1.82) is 0 Å². The third-order valence-corrected chi connectivity index (χ3v) is 5.20. The van der Waals surface area contributed by atoms with E-state index in [1.165, 1.54) is 18.2 Å². The van der Waals surface area contributed by atoms with Gasteiger partial charge in [0.15, 0.2) is 0 Å². The zero-order valence-electron chi connectivity index (χ0n) is 15.5. The molecule has 1 aliphatic carbocycles. The maximum Gasteiger partial charge on any atom is 0.319 e. The molecule has 27 heavy (non-hydrogen) atoms. The average molecular weight is 391 g/mol. The van der Waals surface area contributed by atoms with E-state index < -0.39 is 5.82 Å². The Morgan fingerprint density at radius 3 is 2.48 bits per heavy atom. The lowest BCUT2D eigenvalue weighted by atomic mass is 9.90. The van der Waals surface area contributed by atoms with Gasteiger partial charge in [-0.1, -0.05) is 24.4 Å². The van der Waals surface area contributed by atoms with Gasteiger partial charge in [0.1, 0.15) is 5.82 Å². The highest BCUT2D eigenvalue weighted by molar-refractivity contribution is 6.31. The molecule has 2 aromatic rings. The molecule has 2 amide bonds. The smallest absolute Gasteiger partial charge is 0.319 e. The molecule has 0 bridgehead atoms. The van der Waals surface area contributed by atoms with Crippen LogP contribution in [-0.2, 0) is 0 Å². The van der Waals surface area contributed by atoms with Crippen molar-refractivity contribution in [3.8, 4) is 0 Å². The second kappa shape index (κ2) is 8.57. The van der Waals surface area contributed by atoms with E-state index in [1.807, 2.05) is 26.2 Å². The van der Waals surface area contributed by atoms with Gasteiger partial charge in [0.05, 0.1) is 11.1 Å². The second-order valence-corrected chi connectivity index (χ2v) is 7.42. The van der Waals surface area contributed by atoms with Crippen LogP contribution in [0.25, 0.3) is 0 Å². The Morgan fingerprint density at radius 1 is 1.15 bits per heavy atom. The van der Waals surface area contributed by atoms with Crippen molar-refractivity contribution < 1.29 is 9.18 Å². The van der Waals surface area contributed by atoms with Gasteiger partial charge in [0, 0.05) is 29.8 Å². The first-order chi connectivity index (χ1) is 12.9. The highest BCUT2D eigenvalue weighted by Crippen LogP contribution is 2.26. The number of nitrogens with zero attached hydrogens (tertiary/aromatic N) is 1. The molecule has 1 saturated carbocycles. The number of aryl methyl sites for hydroxylation is 2. The zero-order valence-corrected chi connectivity index (χ0v) is 16.2.